The molecule has 1 aromatic rings. The maximum atomic E-state index is 12.0. The number of rotatable bonds is 4. The number of hydrogen-bond donors (Lipinski definition) is 1. The van der Waals surface area contributed by atoms with Crippen LogP contribution in [0.25, 0.3) is 0 Å². The Balaban J connectivity index is 1.80. The quantitative estimate of drug-likeness (QED) is 0.926. The van der Waals surface area contributed by atoms with Crippen molar-refractivity contribution in [2.45, 2.75) is 77.7 Å². The highest BCUT2D eigenvalue weighted by molar-refractivity contribution is 5.76. The predicted molar refractivity (Wildman–Crippen MR) is 80.9 cm³/mol. The first-order valence-electron chi connectivity index (χ1n) is 7.98. The van der Waals surface area contributed by atoms with Crippen molar-refractivity contribution < 1.29 is 9.32 Å². The van der Waals surface area contributed by atoms with Crippen LogP contribution < -0.4 is 5.32 Å². The molecule has 1 amide bonds. The number of carbonyl (C=O) groups excluding carboxylic acids is 1. The first kappa shape index (κ1) is 16.0. The van der Waals surface area contributed by atoms with Crippen molar-refractivity contribution in [3.05, 3.63) is 11.7 Å². The highest BCUT2D eigenvalue weighted by Gasteiger charge is 2.24. The van der Waals surface area contributed by atoms with E-state index in [9.17, 15) is 4.79 Å². The van der Waals surface area contributed by atoms with Crippen LogP contribution in [0.4, 0.5) is 0 Å². The van der Waals surface area contributed by atoms with E-state index in [2.05, 4.69) is 22.4 Å². The van der Waals surface area contributed by atoms with E-state index in [0.717, 1.165) is 6.42 Å². The molecule has 5 nitrogen and oxygen atoms in total. The van der Waals surface area contributed by atoms with Crippen molar-refractivity contribution in [3.8, 4) is 0 Å². The van der Waals surface area contributed by atoms with Crippen molar-refractivity contribution in [1.82, 2.24) is 15.5 Å². The molecule has 1 saturated carbocycles. The summed E-state index contributed by atoms with van der Waals surface area (Å²) in [5, 5.41) is 7.12. The van der Waals surface area contributed by atoms with E-state index >= 15 is 0 Å². The van der Waals surface area contributed by atoms with Gasteiger partial charge in [0.15, 0.2) is 5.82 Å². The fraction of sp³-hybridized carbons (Fsp3) is 0.812. The smallest absolute Gasteiger partial charge is 0.227 e. The zero-order valence-electron chi connectivity index (χ0n) is 13.6. The third-order valence-electron chi connectivity index (χ3n) is 4.16. The summed E-state index contributed by atoms with van der Waals surface area (Å²) in [6.07, 6.45) is 5.73. The summed E-state index contributed by atoms with van der Waals surface area (Å²) in [6.45, 7) is 8.34. The predicted octanol–water partition coefficient (Wildman–Crippen LogP) is 2.99. The van der Waals surface area contributed by atoms with Crippen molar-refractivity contribution in [3.63, 3.8) is 0 Å². The molecule has 1 heterocycles. The Hall–Kier alpha value is -1.39. The molecule has 2 atom stereocenters. The Morgan fingerprint density at radius 3 is 2.67 bits per heavy atom. The molecule has 1 fully saturated rings. The van der Waals surface area contributed by atoms with E-state index in [4.69, 9.17) is 4.52 Å². The van der Waals surface area contributed by atoms with Gasteiger partial charge in [0.05, 0.1) is 0 Å². The summed E-state index contributed by atoms with van der Waals surface area (Å²) in [6, 6.07) is 0.332. The summed E-state index contributed by atoms with van der Waals surface area (Å²) in [5.41, 5.74) is -0.123. The summed E-state index contributed by atoms with van der Waals surface area (Å²) < 4.78 is 5.21. The maximum Gasteiger partial charge on any atom is 0.227 e. The van der Waals surface area contributed by atoms with E-state index < -0.39 is 0 Å². The molecule has 1 aliphatic carbocycles. The van der Waals surface area contributed by atoms with Crippen LogP contribution in [-0.4, -0.2) is 22.1 Å². The van der Waals surface area contributed by atoms with E-state index in [1.165, 1.54) is 19.3 Å². The first-order chi connectivity index (χ1) is 9.86. The minimum atomic E-state index is -0.123. The van der Waals surface area contributed by atoms with Crippen LogP contribution in [0.15, 0.2) is 4.52 Å². The average molecular weight is 293 g/mol. The summed E-state index contributed by atoms with van der Waals surface area (Å²) in [4.78, 5) is 16.4. The second-order valence-corrected chi connectivity index (χ2v) is 7.20. The Labute approximate surface area is 126 Å². The minimum Gasteiger partial charge on any atom is -0.353 e. The molecule has 0 radical (unpaired) electrons. The molecule has 118 valence electrons. The number of aryl methyl sites for hydroxylation is 1. The Morgan fingerprint density at radius 2 is 2.05 bits per heavy atom. The van der Waals surface area contributed by atoms with Gasteiger partial charge in [0.1, 0.15) is 0 Å². The monoisotopic (exact) mass is 293 g/mol. The van der Waals surface area contributed by atoms with Crippen LogP contribution >= 0.6 is 0 Å². The lowest BCUT2D eigenvalue weighted by molar-refractivity contribution is -0.122. The van der Waals surface area contributed by atoms with Gasteiger partial charge in [-0.25, -0.2) is 0 Å². The van der Waals surface area contributed by atoms with E-state index in [1.807, 2.05) is 20.8 Å². The largest absolute Gasteiger partial charge is 0.353 e. The van der Waals surface area contributed by atoms with Gasteiger partial charge in [-0.05, 0) is 18.8 Å². The zero-order chi connectivity index (χ0) is 15.5. The number of hydrogen-bond acceptors (Lipinski definition) is 4. The van der Waals surface area contributed by atoms with Crippen LogP contribution in [0.2, 0.25) is 0 Å². The van der Waals surface area contributed by atoms with Gasteiger partial charge in [-0.15, -0.1) is 0 Å². The lowest BCUT2D eigenvalue weighted by Gasteiger charge is -2.29. The SMILES string of the molecule is C[C@H]1CCCC[C@H]1NC(=O)CCc1nc(C(C)(C)C)no1. The van der Waals surface area contributed by atoms with Gasteiger partial charge in [-0.1, -0.05) is 45.7 Å². The average Bonchev–Trinajstić information content (AvgIpc) is 2.88. The van der Waals surface area contributed by atoms with Crippen LogP contribution in [0.1, 0.15) is 71.5 Å². The molecule has 0 bridgehead atoms. The van der Waals surface area contributed by atoms with E-state index in [0.29, 0.717) is 36.5 Å². The Kier molecular flexibility index (Phi) is 5.01. The Morgan fingerprint density at radius 1 is 1.33 bits per heavy atom. The summed E-state index contributed by atoms with van der Waals surface area (Å²) >= 11 is 0. The second kappa shape index (κ2) is 6.58. The molecule has 1 aromatic heterocycles. The topological polar surface area (TPSA) is 68.0 Å². The van der Waals surface area contributed by atoms with Gasteiger partial charge in [0.2, 0.25) is 11.8 Å². The molecule has 0 aromatic carbocycles. The number of carbonyl (C=O) groups is 1. The van der Waals surface area contributed by atoms with Crippen molar-refractivity contribution >= 4 is 5.91 Å². The highest BCUT2D eigenvalue weighted by atomic mass is 16.5. The number of amides is 1. The van der Waals surface area contributed by atoms with E-state index in [1.54, 1.807) is 0 Å². The molecule has 21 heavy (non-hydrogen) atoms. The van der Waals surface area contributed by atoms with Gasteiger partial charge < -0.3 is 9.84 Å². The Bertz CT molecular complexity index is 476. The lowest BCUT2D eigenvalue weighted by atomic mass is 9.86. The first-order valence-corrected chi connectivity index (χ1v) is 7.98. The van der Waals surface area contributed by atoms with Crippen molar-refractivity contribution in [2.24, 2.45) is 5.92 Å². The number of aromatic nitrogens is 2. The number of nitrogens with one attached hydrogen (secondary N) is 1. The van der Waals surface area contributed by atoms with Crippen molar-refractivity contribution in [1.29, 1.82) is 0 Å². The fourth-order valence-corrected chi connectivity index (χ4v) is 2.69. The van der Waals surface area contributed by atoms with Gasteiger partial charge in [-0.3, -0.25) is 4.79 Å². The molecule has 1 N–H and O–H groups in total. The third-order valence-corrected chi connectivity index (χ3v) is 4.16. The normalized spacial score (nSPS) is 23.0. The van der Waals surface area contributed by atoms with Crippen molar-refractivity contribution in [2.75, 3.05) is 0 Å². The fourth-order valence-electron chi connectivity index (χ4n) is 2.69. The third kappa shape index (κ3) is 4.55. The second-order valence-electron chi connectivity index (χ2n) is 7.20. The van der Waals surface area contributed by atoms with Gasteiger partial charge in [0.25, 0.3) is 0 Å². The molecule has 2 rings (SSSR count). The summed E-state index contributed by atoms with van der Waals surface area (Å²) in [5.74, 6) is 1.91. The molecule has 0 aliphatic heterocycles. The molecule has 0 unspecified atom stereocenters. The zero-order valence-corrected chi connectivity index (χ0v) is 13.6. The van der Waals surface area contributed by atoms with Gasteiger partial charge in [-0.2, -0.15) is 4.98 Å². The highest BCUT2D eigenvalue weighted by Crippen LogP contribution is 2.24. The minimum absolute atomic E-state index is 0.0873. The maximum absolute atomic E-state index is 12.0. The molecular weight excluding hydrogens is 266 g/mol. The van der Waals surface area contributed by atoms with Crippen LogP contribution in [0, 0.1) is 5.92 Å². The van der Waals surface area contributed by atoms with Gasteiger partial charge >= 0.3 is 0 Å². The molecule has 1 aliphatic rings. The van der Waals surface area contributed by atoms with E-state index in [-0.39, 0.29) is 11.3 Å². The molecule has 0 spiro atoms. The molecule has 0 saturated heterocycles. The lowest BCUT2D eigenvalue weighted by Crippen LogP contribution is -2.41. The number of nitrogens with zero attached hydrogens (tertiary/aromatic N) is 2. The standard InChI is InChI=1S/C16H27N3O2/c1-11-7-5-6-8-12(11)17-13(20)9-10-14-18-15(19-21-14)16(2,3)4/h11-12H,5-10H2,1-4H3,(H,17,20)/t11-,12+/m0/s1. The molecule has 5 heteroatoms. The molecular formula is C16H27N3O2. The van der Waals surface area contributed by atoms with Gasteiger partial charge in [0, 0.05) is 24.3 Å². The van der Waals surface area contributed by atoms with Crippen LogP contribution in [-0.2, 0) is 16.6 Å². The van der Waals surface area contributed by atoms with Crippen LogP contribution in [0.3, 0.4) is 0 Å². The summed E-state index contributed by atoms with van der Waals surface area (Å²) in [7, 11) is 0. The van der Waals surface area contributed by atoms with Crippen LogP contribution in [0.5, 0.6) is 0 Å².